The molecule has 0 rings (SSSR count). The van der Waals surface area contributed by atoms with Gasteiger partial charge >= 0.3 is 7.82 Å². The summed E-state index contributed by atoms with van der Waals surface area (Å²) in [7, 11) is 0.161. The Balaban J connectivity index is 5.25. The second kappa shape index (κ2) is 18.1. The summed E-state index contributed by atoms with van der Waals surface area (Å²) >= 11 is 0. The van der Waals surface area contributed by atoms with E-state index in [9.17, 15) is 4.57 Å². The normalized spacial score (nSPS) is 21.8. The molecule has 0 heterocycles. The molecule has 9 atom stereocenters. The molecule has 0 aromatic heterocycles. The first-order chi connectivity index (χ1) is 16.2. The molecule has 0 amide bonds. The summed E-state index contributed by atoms with van der Waals surface area (Å²) in [4.78, 5) is 0. The van der Waals surface area contributed by atoms with Gasteiger partial charge in [0.25, 0.3) is 0 Å². The molecular formula is C21H45O13P. The number of phosphoric ester groups is 1. The van der Waals surface area contributed by atoms with E-state index in [0.717, 1.165) is 0 Å². The van der Waals surface area contributed by atoms with Crippen LogP contribution in [0.25, 0.3) is 0 Å². The van der Waals surface area contributed by atoms with Crippen LogP contribution in [0, 0.1) is 0 Å². The lowest BCUT2D eigenvalue weighted by Crippen LogP contribution is -2.30. The molecule has 9 unspecified atom stereocenters. The minimum absolute atomic E-state index is 0.523. The van der Waals surface area contributed by atoms with Gasteiger partial charge in [0.1, 0.15) is 0 Å². The number of methoxy groups -OCH3 is 3. The van der Waals surface area contributed by atoms with Crippen molar-refractivity contribution in [3.63, 3.8) is 0 Å². The fourth-order valence-electron chi connectivity index (χ4n) is 2.58. The molecule has 0 aliphatic rings. The quantitative estimate of drug-likeness (QED) is 0.153. The third-order valence-corrected chi connectivity index (χ3v) is 5.79. The van der Waals surface area contributed by atoms with Crippen LogP contribution >= 0.6 is 7.82 Å². The fourth-order valence-corrected chi connectivity index (χ4v) is 3.97. The highest BCUT2D eigenvalue weighted by molar-refractivity contribution is 7.48. The van der Waals surface area contributed by atoms with E-state index in [1.807, 2.05) is 0 Å². The van der Waals surface area contributed by atoms with Crippen LogP contribution in [0.5, 0.6) is 0 Å². The van der Waals surface area contributed by atoms with Crippen LogP contribution in [0.4, 0.5) is 0 Å². The van der Waals surface area contributed by atoms with Crippen LogP contribution in [-0.4, -0.2) is 77.9 Å². The van der Waals surface area contributed by atoms with Gasteiger partial charge in [-0.15, -0.1) is 0 Å². The zero-order valence-electron chi connectivity index (χ0n) is 23.0. The van der Waals surface area contributed by atoms with E-state index in [-0.39, 0.29) is 0 Å². The van der Waals surface area contributed by atoms with Crippen LogP contribution in [0.15, 0.2) is 0 Å². The molecule has 0 aliphatic carbocycles. The van der Waals surface area contributed by atoms with Crippen molar-refractivity contribution in [3.05, 3.63) is 0 Å². The van der Waals surface area contributed by atoms with Gasteiger partial charge in [0.05, 0.1) is 0 Å². The van der Waals surface area contributed by atoms with Crippen LogP contribution in [0.3, 0.4) is 0 Å². The van der Waals surface area contributed by atoms with Gasteiger partial charge in [-0.3, -0.25) is 13.6 Å². The highest BCUT2D eigenvalue weighted by Gasteiger charge is 2.36. The molecule has 212 valence electrons. The van der Waals surface area contributed by atoms with Gasteiger partial charge < -0.3 is 42.6 Å². The van der Waals surface area contributed by atoms with E-state index in [1.54, 1.807) is 41.5 Å². The van der Waals surface area contributed by atoms with Gasteiger partial charge in [-0.2, -0.15) is 0 Å². The first kappa shape index (κ1) is 34.8. The lowest BCUT2D eigenvalue weighted by atomic mass is 10.6. The molecule has 0 aliphatic heterocycles. The molecule has 14 heteroatoms. The number of hydrogen-bond acceptors (Lipinski definition) is 13. The maximum atomic E-state index is 13.5. The number of hydrogen-bond donors (Lipinski definition) is 0. The standard InChI is InChI=1S/C21H45O13P/c1-13(23-10)26-16(4)29-19(7)32-35(22,33-20(8)30-17(5)27-14(2)24-11)34-21(9)31-18(6)28-15(3)25-12/h13-21H,1-12H3. The molecule has 13 nitrogen and oxygen atoms in total. The maximum absolute atomic E-state index is 13.5. The Morgan fingerprint density at radius 1 is 0.371 bits per heavy atom. The summed E-state index contributed by atoms with van der Waals surface area (Å²) in [6.07, 6.45) is -7.01. The largest absolute Gasteiger partial charge is 0.481 e. The minimum atomic E-state index is -4.32. The van der Waals surface area contributed by atoms with Crippen LogP contribution in [-0.2, 0) is 60.8 Å². The Bertz CT molecular complexity index is 507. The van der Waals surface area contributed by atoms with Crippen LogP contribution < -0.4 is 0 Å². The molecule has 0 aromatic rings. The lowest BCUT2D eigenvalue weighted by molar-refractivity contribution is -0.280. The Morgan fingerprint density at radius 3 is 0.771 bits per heavy atom. The van der Waals surface area contributed by atoms with E-state index in [4.69, 9.17) is 56.2 Å². The second-order valence-electron chi connectivity index (χ2n) is 7.40. The molecular weight excluding hydrogens is 491 g/mol. The molecule has 0 radical (unpaired) electrons. The van der Waals surface area contributed by atoms with Crippen molar-refractivity contribution < 1.29 is 60.8 Å². The number of rotatable bonds is 21. The van der Waals surface area contributed by atoms with Gasteiger partial charge in [-0.1, -0.05) is 0 Å². The Hall–Kier alpha value is -0.250. The van der Waals surface area contributed by atoms with Crippen LogP contribution in [0.2, 0.25) is 0 Å². The van der Waals surface area contributed by atoms with E-state index >= 15 is 0 Å². The summed E-state index contributed by atoms with van der Waals surface area (Å²) in [6.45, 7) is 14.5. The van der Waals surface area contributed by atoms with Gasteiger partial charge in [-0.25, -0.2) is 4.57 Å². The molecule has 0 N–H and O–H groups in total. The van der Waals surface area contributed by atoms with E-state index in [2.05, 4.69) is 0 Å². The fraction of sp³-hybridized carbons (Fsp3) is 1.00. The zero-order valence-corrected chi connectivity index (χ0v) is 23.8. The van der Waals surface area contributed by atoms with Crippen molar-refractivity contribution in [2.75, 3.05) is 21.3 Å². The summed E-state index contributed by atoms with van der Waals surface area (Å²) in [6, 6.07) is 0. The Morgan fingerprint density at radius 2 is 0.571 bits per heavy atom. The third-order valence-electron chi connectivity index (χ3n) is 4.13. The van der Waals surface area contributed by atoms with Gasteiger partial charge in [-0.05, 0) is 62.3 Å². The van der Waals surface area contributed by atoms with Crippen molar-refractivity contribution >= 4 is 7.82 Å². The summed E-state index contributed by atoms with van der Waals surface area (Å²) < 4.78 is 78.2. The molecule has 35 heavy (non-hydrogen) atoms. The zero-order chi connectivity index (χ0) is 27.2. The first-order valence-electron chi connectivity index (χ1n) is 11.4. The molecule has 0 spiro atoms. The summed E-state index contributed by atoms with van der Waals surface area (Å²) in [5.41, 5.74) is 0. The topological polar surface area (TPSA) is 128 Å². The van der Waals surface area contributed by atoms with Crippen molar-refractivity contribution in [1.82, 2.24) is 0 Å². The predicted octanol–water partition coefficient (Wildman–Crippen LogP) is 4.30. The van der Waals surface area contributed by atoms with E-state index in [0.29, 0.717) is 0 Å². The average molecular weight is 537 g/mol. The van der Waals surface area contributed by atoms with E-state index < -0.39 is 64.4 Å². The van der Waals surface area contributed by atoms with E-state index in [1.165, 1.54) is 42.1 Å². The predicted molar refractivity (Wildman–Crippen MR) is 124 cm³/mol. The smallest absolute Gasteiger partial charge is 0.356 e. The lowest BCUT2D eigenvalue weighted by Gasteiger charge is -2.30. The van der Waals surface area contributed by atoms with Gasteiger partial charge in [0, 0.05) is 21.3 Å². The van der Waals surface area contributed by atoms with Gasteiger partial charge in [0.15, 0.2) is 56.6 Å². The Kier molecular flexibility index (Phi) is 17.9. The number of ether oxygens (including phenoxy) is 9. The monoisotopic (exact) mass is 536 g/mol. The average Bonchev–Trinajstić information content (AvgIpc) is 2.71. The molecule has 0 saturated carbocycles. The molecule has 0 saturated heterocycles. The second-order valence-corrected chi connectivity index (χ2v) is 8.92. The molecule has 0 bridgehead atoms. The van der Waals surface area contributed by atoms with Crippen molar-refractivity contribution in [1.29, 1.82) is 0 Å². The maximum Gasteiger partial charge on any atom is 0.481 e. The van der Waals surface area contributed by atoms with Crippen molar-refractivity contribution in [2.24, 2.45) is 0 Å². The first-order valence-corrected chi connectivity index (χ1v) is 12.9. The molecule has 0 aromatic carbocycles. The third kappa shape index (κ3) is 17.0. The van der Waals surface area contributed by atoms with Gasteiger partial charge in [0.2, 0.25) is 0 Å². The Labute approximate surface area is 209 Å². The van der Waals surface area contributed by atoms with Crippen molar-refractivity contribution in [2.45, 2.75) is 119 Å². The van der Waals surface area contributed by atoms with Crippen LogP contribution in [0.1, 0.15) is 62.3 Å². The number of phosphoric acid groups is 1. The highest BCUT2D eigenvalue weighted by atomic mass is 31.2. The summed E-state index contributed by atoms with van der Waals surface area (Å²) in [5, 5.41) is 0. The molecule has 0 fully saturated rings. The highest BCUT2D eigenvalue weighted by Crippen LogP contribution is 2.53. The van der Waals surface area contributed by atoms with Crippen molar-refractivity contribution in [3.8, 4) is 0 Å². The summed E-state index contributed by atoms with van der Waals surface area (Å²) in [5.74, 6) is 0. The SMILES string of the molecule is COC(C)OC(C)OC(C)OP(=O)(OC(C)OC(C)OC(C)OC)OC(C)OC(C)OC(C)OC. The minimum Gasteiger partial charge on any atom is -0.356 e.